The van der Waals surface area contributed by atoms with Crippen molar-refractivity contribution in [3.05, 3.63) is 17.5 Å². The van der Waals surface area contributed by atoms with Crippen LogP contribution in [0.1, 0.15) is 31.2 Å². The fourth-order valence-corrected chi connectivity index (χ4v) is 2.63. The summed E-state index contributed by atoms with van der Waals surface area (Å²) in [5.74, 6) is 0.616. The van der Waals surface area contributed by atoms with Gasteiger partial charge in [-0.25, -0.2) is 9.97 Å². The van der Waals surface area contributed by atoms with Crippen molar-refractivity contribution < 1.29 is 0 Å². The summed E-state index contributed by atoms with van der Waals surface area (Å²) in [5.41, 5.74) is 7.12. The molecule has 1 fully saturated rings. The maximum Gasteiger partial charge on any atom is 0.223 e. The van der Waals surface area contributed by atoms with Crippen molar-refractivity contribution >= 4 is 23.2 Å². The summed E-state index contributed by atoms with van der Waals surface area (Å²) in [5, 5.41) is 3.31. The Labute approximate surface area is 119 Å². The molecule has 1 unspecified atom stereocenters. The Bertz CT molecular complexity index is 462. The lowest BCUT2D eigenvalue weighted by molar-refractivity contribution is 0.277. The summed E-state index contributed by atoms with van der Waals surface area (Å²) in [6, 6.07) is 2.38. The molecule has 0 aliphatic carbocycles. The van der Waals surface area contributed by atoms with E-state index in [2.05, 4.69) is 27.1 Å². The summed E-state index contributed by atoms with van der Waals surface area (Å²) >= 11 is 4.96. The highest BCUT2D eigenvalue weighted by atomic mass is 32.1. The second-order valence-electron chi connectivity index (χ2n) is 4.89. The van der Waals surface area contributed by atoms with Gasteiger partial charge < -0.3 is 11.1 Å². The SMILES string of the molecule is CCN1CCCC1CNc1nc(C)cc(C(N)=S)n1. The summed E-state index contributed by atoms with van der Waals surface area (Å²) < 4.78 is 0. The van der Waals surface area contributed by atoms with Gasteiger partial charge in [-0.2, -0.15) is 0 Å². The number of nitrogens with two attached hydrogens (primary N) is 1. The van der Waals surface area contributed by atoms with E-state index in [4.69, 9.17) is 18.0 Å². The minimum Gasteiger partial charge on any atom is -0.388 e. The molecule has 5 nitrogen and oxygen atoms in total. The molecule has 2 heterocycles. The third-order valence-electron chi connectivity index (χ3n) is 3.51. The van der Waals surface area contributed by atoms with Crippen LogP contribution in [-0.2, 0) is 0 Å². The zero-order valence-corrected chi connectivity index (χ0v) is 12.3. The molecule has 1 aromatic rings. The number of nitrogens with one attached hydrogen (secondary N) is 1. The molecule has 1 aliphatic rings. The number of aryl methyl sites for hydroxylation is 1. The Morgan fingerprint density at radius 2 is 2.37 bits per heavy atom. The Kier molecular flexibility index (Phi) is 4.66. The summed E-state index contributed by atoms with van der Waals surface area (Å²) in [6.07, 6.45) is 2.50. The molecule has 104 valence electrons. The van der Waals surface area contributed by atoms with Gasteiger partial charge in [-0.1, -0.05) is 19.1 Å². The number of hydrogen-bond acceptors (Lipinski definition) is 5. The standard InChI is InChI=1S/C13H21N5S/c1-3-18-6-4-5-10(18)8-15-13-16-9(2)7-11(17-13)12(14)19/h7,10H,3-6,8H2,1-2H3,(H2,14,19)(H,15,16,17). The van der Waals surface area contributed by atoms with Gasteiger partial charge in [0.25, 0.3) is 0 Å². The smallest absolute Gasteiger partial charge is 0.223 e. The first-order chi connectivity index (χ1) is 9.10. The van der Waals surface area contributed by atoms with Crippen molar-refractivity contribution in [1.29, 1.82) is 0 Å². The average Bonchev–Trinajstić information content (AvgIpc) is 2.83. The Morgan fingerprint density at radius 1 is 1.58 bits per heavy atom. The van der Waals surface area contributed by atoms with E-state index < -0.39 is 0 Å². The third-order valence-corrected chi connectivity index (χ3v) is 3.72. The van der Waals surface area contributed by atoms with Crippen LogP contribution in [0, 0.1) is 6.92 Å². The molecule has 1 aromatic heterocycles. The van der Waals surface area contributed by atoms with Crippen molar-refractivity contribution in [1.82, 2.24) is 14.9 Å². The van der Waals surface area contributed by atoms with E-state index in [9.17, 15) is 0 Å². The predicted octanol–water partition coefficient (Wildman–Crippen LogP) is 1.32. The molecule has 3 N–H and O–H groups in total. The summed E-state index contributed by atoms with van der Waals surface area (Å²) in [7, 11) is 0. The van der Waals surface area contributed by atoms with Gasteiger partial charge in [0.15, 0.2) is 0 Å². The van der Waals surface area contributed by atoms with E-state index in [1.165, 1.54) is 19.4 Å². The normalized spacial score (nSPS) is 19.6. The fraction of sp³-hybridized carbons (Fsp3) is 0.615. The summed E-state index contributed by atoms with van der Waals surface area (Å²) in [6.45, 7) is 7.28. The van der Waals surface area contributed by atoms with E-state index in [0.717, 1.165) is 18.8 Å². The zero-order valence-electron chi connectivity index (χ0n) is 11.5. The third kappa shape index (κ3) is 3.61. The van der Waals surface area contributed by atoms with Crippen molar-refractivity contribution in [3.63, 3.8) is 0 Å². The van der Waals surface area contributed by atoms with Crippen molar-refractivity contribution in [2.45, 2.75) is 32.7 Å². The molecular weight excluding hydrogens is 258 g/mol. The molecule has 0 saturated carbocycles. The molecule has 0 spiro atoms. The van der Waals surface area contributed by atoms with Gasteiger partial charge in [0.1, 0.15) is 10.7 Å². The van der Waals surface area contributed by atoms with E-state index in [1.807, 2.05) is 6.92 Å². The number of rotatable bonds is 5. The first-order valence-electron chi connectivity index (χ1n) is 6.73. The Hall–Kier alpha value is -1.27. The Balaban J connectivity index is 2.01. The molecule has 0 bridgehead atoms. The molecular formula is C13H21N5S. The number of anilines is 1. The van der Waals surface area contributed by atoms with Gasteiger partial charge in [0.2, 0.25) is 5.95 Å². The molecule has 1 saturated heterocycles. The van der Waals surface area contributed by atoms with Crippen LogP contribution in [0.4, 0.5) is 5.95 Å². The maximum absolute atomic E-state index is 5.62. The monoisotopic (exact) mass is 279 g/mol. The lowest BCUT2D eigenvalue weighted by Gasteiger charge is -2.22. The summed E-state index contributed by atoms with van der Waals surface area (Å²) in [4.78, 5) is 11.5. The molecule has 0 amide bonds. The average molecular weight is 279 g/mol. The number of aromatic nitrogens is 2. The predicted molar refractivity (Wildman–Crippen MR) is 81.4 cm³/mol. The second-order valence-corrected chi connectivity index (χ2v) is 5.33. The van der Waals surface area contributed by atoms with Crippen LogP contribution in [0.15, 0.2) is 6.07 Å². The number of thiocarbonyl (C=S) groups is 1. The van der Waals surface area contributed by atoms with Gasteiger partial charge in [-0.15, -0.1) is 0 Å². The van der Waals surface area contributed by atoms with Crippen LogP contribution in [0.25, 0.3) is 0 Å². The molecule has 0 aromatic carbocycles. The minimum atomic E-state index is 0.310. The molecule has 0 radical (unpaired) electrons. The number of nitrogens with zero attached hydrogens (tertiary/aromatic N) is 3. The van der Waals surface area contributed by atoms with E-state index in [-0.39, 0.29) is 0 Å². The highest BCUT2D eigenvalue weighted by Gasteiger charge is 2.22. The van der Waals surface area contributed by atoms with Crippen molar-refractivity contribution in [2.24, 2.45) is 5.73 Å². The topological polar surface area (TPSA) is 67.1 Å². The largest absolute Gasteiger partial charge is 0.388 e. The van der Waals surface area contributed by atoms with E-state index >= 15 is 0 Å². The van der Waals surface area contributed by atoms with Gasteiger partial charge in [0, 0.05) is 18.3 Å². The van der Waals surface area contributed by atoms with Crippen LogP contribution < -0.4 is 11.1 Å². The Morgan fingerprint density at radius 3 is 3.05 bits per heavy atom. The fourth-order valence-electron chi connectivity index (χ4n) is 2.53. The van der Waals surface area contributed by atoms with Crippen LogP contribution >= 0.6 is 12.2 Å². The minimum absolute atomic E-state index is 0.310. The molecule has 19 heavy (non-hydrogen) atoms. The maximum atomic E-state index is 5.62. The quantitative estimate of drug-likeness (QED) is 0.792. The van der Waals surface area contributed by atoms with Gasteiger partial charge in [-0.3, -0.25) is 4.90 Å². The highest BCUT2D eigenvalue weighted by Crippen LogP contribution is 2.16. The molecule has 6 heteroatoms. The van der Waals surface area contributed by atoms with Gasteiger partial charge in [-0.05, 0) is 38.9 Å². The first kappa shape index (κ1) is 14.1. The van der Waals surface area contributed by atoms with E-state index in [1.54, 1.807) is 6.07 Å². The van der Waals surface area contributed by atoms with Crippen LogP contribution in [0.5, 0.6) is 0 Å². The van der Waals surface area contributed by atoms with Crippen LogP contribution in [-0.4, -0.2) is 45.5 Å². The first-order valence-corrected chi connectivity index (χ1v) is 7.14. The number of likely N-dealkylation sites (N-methyl/N-ethyl adjacent to an activating group) is 1. The lowest BCUT2D eigenvalue weighted by Crippen LogP contribution is -2.35. The van der Waals surface area contributed by atoms with Gasteiger partial charge >= 0.3 is 0 Å². The van der Waals surface area contributed by atoms with Crippen molar-refractivity contribution in [2.75, 3.05) is 25.0 Å². The zero-order chi connectivity index (χ0) is 13.8. The molecule has 2 rings (SSSR count). The highest BCUT2D eigenvalue weighted by molar-refractivity contribution is 7.80. The molecule has 1 atom stereocenters. The van der Waals surface area contributed by atoms with Gasteiger partial charge in [0.05, 0.1) is 0 Å². The van der Waals surface area contributed by atoms with Crippen LogP contribution in [0.3, 0.4) is 0 Å². The van der Waals surface area contributed by atoms with Crippen LogP contribution in [0.2, 0.25) is 0 Å². The molecule has 1 aliphatic heterocycles. The number of likely N-dealkylation sites (tertiary alicyclic amines) is 1. The number of hydrogen-bond donors (Lipinski definition) is 2. The van der Waals surface area contributed by atoms with E-state index in [0.29, 0.717) is 22.7 Å². The lowest BCUT2D eigenvalue weighted by atomic mass is 10.2. The second kappa shape index (κ2) is 6.25. The van der Waals surface area contributed by atoms with Crippen molar-refractivity contribution in [3.8, 4) is 0 Å².